The van der Waals surface area contributed by atoms with Crippen LogP contribution in [-0.4, -0.2) is 26.0 Å². The third-order valence-corrected chi connectivity index (χ3v) is 8.46. The van der Waals surface area contributed by atoms with Crippen molar-refractivity contribution in [1.29, 1.82) is 0 Å². The molecule has 0 radical (unpaired) electrons. The van der Waals surface area contributed by atoms with Gasteiger partial charge in [0.1, 0.15) is 0 Å². The number of rotatable bonds is 5. The summed E-state index contributed by atoms with van der Waals surface area (Å²) >= 11 is 3.22. The van der Waals surface area contributed by atoms with Crippen LogP contribution in [-0.2, 0) is 9.22 Å². The summed E-state index contributed by atoms with van der Waals surface area (Å²) < 4.78 is 6.08. The van der Waals surface area contributed by atoms with Gasteiger partial charge in [-0.2, -0.15) is 0 Å². The number of hydrogen-bond donors (Lipinski definition) is 0. The summed E-state index contributed by atoms with van der Waals surface area (Å²) in [5, 5.41) is 0.599. The predicted molar refractivity (Wildman–Crippen MR) is 75.7 cm³/mol. The van der Waals surface area contributed by atoms with Crippen molar-refractivity contribution in [1.82, 2.24) is 0 Å². The summed E-state index contributed by atoms with van der Waals surface area (Å²) in [6.45, 7) is 15.5. The molecular formula is C12H25BrO2Si. The van der Waals surface area contributed by atoms with Gasteiger partial charge in [0.25, 0.3) is 0 Å². The van der Waals surface area contributed by atoms with Crippen molar-refractivity contribution in [2.45, 2.75) is 52.8 Å². The summed E-state index contributed by atoms with van der Waals surface area (Å²) in [5.41, 5.74) is -0.390. The molecule has 0 saturated heterocycles. The zero-order valence-corrected chi connectivity index (χ0v) is 14.2. The minimum Gasteiger partial charge on any atom is -0.416 e. The SMILES string of the molecule is CC(C)(CO[Si](C)(C)C(C)(C)C)C(=O)CBr. The fraction of sp³-hybridized carbons (Fsp3) is 0.917. The molecule has 0 saturated carbocycles. The van der Waals surface area contributed by atoms with E-state index in [1.165, 1.54) is 0 Å². The van der Waals surface area contributed by atoms with Crippen LogP contribution >= 0.6 is 15.9 Å². The van der Waals surface area contributed by atoms with E-state index in [-0.39, 0.29) is 16.2 Å². The van der Waals surface area contributed by atoms with Crippen LogP contribution in [0.15, 0.2) is 0 Å². The fourth-order valence-corrected chi connectivity index (χ4v) is 2.75. The van der Waals surface area contributed by atoms with Crippen LogP contribution in [0.1, 0.15) is 34.6 Å². The molecule has 0 unspecified atom stereocenters. The van der Waals surface area contributed by atoms with E-state index in [1.807, 2.05) is 13.8 Å². The van der Waals surface area contributed by atoms with E-state index >= 15 is 0 Å². The molecule has 0 atom stereocenters. The monoisotopic (exact) mass is 308 g/mol. The number of halogens is 1. The molecule has 0 aromatic heterocycles. The highest BCUT2D eigenvalue weighted by molar-refractivity contribution is 9.09. The second-order valence-electron chi connectivity index (χ2n) is 6.49. The van der Waals surface area contributed by atoms with Crippen molar-refractivity contribution < 1.29 is 9.22 Å². The van der Waals surface area contributed by atoms with Gasteiger partial charge in [0.15, 0.2) is 14.1 Å². The highest BCUT2D eigenvalue weighted by atomic mass is 79.9. The summed E-state index contributed by atoms with van der Waals surface area (Å²) in [6, 6.07) is 0. The van der Waals surface area contributed by atoms with Gasteiger partial charge in [-0.3, -0.25) is 4.79 Å². The number of Topliss-reactive ketones (excluding diaryl/α,β-unsaturated/α-hetero) is 1. The minimum absolute atomic E-state index is 0.195. The predicted octanol–water partition coefficient (Wildman–Crippen LogP) is 4.00. The molecule has 0 aromatic rings. The molecule has 2 nitrogen and oxygen atoms in total. The van der Waals surface area contributed by atoms with E-state index in [0.717, 1.165) is 0 Å². The molecule has 0 aliphatic heterocycles. The molecule has 0 heterocycles. The molecule has 0 fully saturated rings. The lowest BCUT2D eigenvalue weighted by molar-refractivity contribution is -0.125. The normalized spacial score (nSPS) is 14.0. The van der Waals surface area contributed by atoms with E-state index in [9.17, 15) is 4.79 Å². The molecule has 4 heteroatoms. The number of carbonyl (C=O) groups is 1. The summed E-state index contributed by atoms with van der Waals surface area (Å²) in [7, 11) is -1.74. The largest absolute Gasteiger partial charge is 0.416 e. The third-order valence-electron chi connectivity index (χ3n) is 3.48. The Morgan fingerprint density at radius 2 is 1.62 bits per heavy atom. The maximum absolute atomic E-state index is 11.7. The van der Waals surface area contributed by atoms with E-state index in [0.29, 0.717) is 11.9 Å². The first-order valence-corrected chi connectivity index (χ1v) is 9.70. The van der Waals surface area contributed by atoms with Crippen molar-refractivity contribution in [2.75, 3.05) is 11.9 Å². The Labute approximate surface area is 109 Å². The second-order valence-corrected chi connectivity index (χ2v) is 11.9. The molecule has 16 heavy (non-hydrogen) atoms. The molecule has 0 rings (SSSR count). The fourth-order valence-electron chi connectivity index (χ4n) is 0.839. The smallest absolute Gasteiger partial charge is 0.192 e. The van der Waals surface area contributed by atoms with Crippen LogP contribution in [0, 0.1) is 5.41 Å². The Morgan fingerprint density at radius 3 is 1.94 bits per heavy atom. The molecule has 0 spiro atoms. The standard InChI is InChI=1S/C12H25BrO2Si/c1-11(2,3)16(6,7)15-9-12(4,5)10(14)8-13/h8-9H2,1-7H3. The van der Waals surface area contributed by atoms with Crippen LogP contribution < -0.4 is 0 Å². The average molecular weight is 309 g/mol. The maximum Gasteiger partial charge on any atom is 0.192 e. The van der Waals surface area contributed by atoms with Crippen LogP contribution in [0.4, 0.5) is 0 Å². The number of hydrogen-bond acceptors (Lipinski definition) is 2. The molecule has 0 aliphatic carbocycles. The van der Waals surface area contributed by atoms with Crippen LogP contribution in [0.25, 0.3) is 0 Å². The van der Waals surface area contributed by atoms with E-state index < -0.39 is 8.32 Å². The summed E-state index contributed by atoms with van der Waals surface area (Å²) in [5.74, 6) is 0.200. The van der Waals surface area contributed by atoms with Crippen LogP contribution in [0.5, 0.6) is 0 Å². The summed E-state index contributed by atoms with van der Waals surface area (Å²) in [4.78, 5) is 11.7. The highest BCUT2D eigenvalue weighted by Crippen LogP contribution is 2.37. The van der Waals surface area contributed by atoms with Crippen LogP contribution in [0.2, 0.25) is 18.1 Å². The average Bonchev–Trinajstić information content (AvgIpc) is 2.12. The van der Waals surface area contributed by atoms with Gasteiger partial charge in [-0.1, -0.05) is 50.5 Å². The van der Waals surface area contributed by atoms with Crippen molar-refractivity contribution in [3.63, 3.8) is 0 Å². The van der Waals surface area contributed by atoms with Crippen molar-refractivity contribution >= 4 is 30.0 Å². The van der Waals surface area contributed by atoms with Gasteiger partial charge >= 0.3 is 0 Å². The van der Waals surface area contributed by atoms with Crippen molar-refractivity contribution in [3.05, 3.63) is 0 Å². The van der Waals surface area contributed by atoms with Gasteiger partial charge in [-0.15, -0.1) is 0 Å². The van der Waals surface area contributed by atoms with E-state index in [4.69, 9.17) is 4.43 Å². The first kappa shape index (κ1) is 16.3. The first-order chi connectivity index (χ1) is 6.94. The van der Waals surface area contributed by atoms with Crippen molar-refractivity contribution in [2.24, 2.45) is 5.41 Å². The molecule has 0 amide bonds. The quantitative estimate of drug-likeness (QED) is 0.567. The molecule has 0 aromatic carbocycles. The summed E-state index contributed by atoms with van der Waals surface area (Å²) in [6.07, 6.45) is 0. The van der Waals surface area contributed by atoms with Gasteiger partial charge < -0.3 is 4.43 Å². The van der Waals surface area contributed by atoms with Gasteiger partial charge in [0.2, 0.25) is 0 Å². The Balaban J connectivity index is 4.52. The number of ketones is 1. The number of alkyl halides is 1. The lowest BCUT2D eigenvalue weighted by Crippen LogP contribution is -2.44. The minimum atomic E-state index is -1.74. The van der Waals surface area contributed by atoms with E-state index in [2.05, 4.69) is 49.8 Å². The Bertz CT molecular complexity index is 254. The molecule has 96 valence electrons. The molecule has 0 N–H and O–H groups in total. The molecular weight excluding hydrogens is 284 g/mol. The van der Waals surface area contributed by atoms with Gasteiger partial charge in [-0.05, 0) is 18.1 Å². The lowest BCUT2D eigenvalue weighted by atomic mass is 9.90. The van der Waals surface area contributed by atoms with Gasteiger partial charge in [0, 0.05) is 12.0 Å². The third kappa shape index (κ3) is 4.30. The zero-order chi connectivity index (χ0) is 13.2. The molecule has 0 bridgehead atoms. The Morgan fingerprint density at radius 1 is 1.19 bits per heavy atom. The lowest BCUT2D eigenvalue weighted by Gasteiger charge is -2.38. The van der Waals surface area contributed by atoms with Crippen LogP contribution in [0.3, 0.4) is 0 Å². The Hall–Kier alpha value is 0.327. The van der Waals surface area contributed by atoms with Gasteiger partial charge in [0.05, 0.1) is 5.33 Å². The number of carbonyl (C=O) groups excluding carboxylic acids is 1. The Kier molecular flexibility index (Phi) is 5.42. The van der Waals surface area contributed by atoms with Crippen molar-refractivity contribution in [3.8, 4) is 0 Å². The highest BCUT2D eigenvalue weighted by Gasteiger charge is 2.39. The maximum atomic E-state index is 11.7. The topological polar surface area (TPSA) is 26.3 Å². The van der Waals surface area contributed by atoms with Gasteiger partial charge in [-0.25, -0.2) is 0 Å². The molecule has 0 aliphatic rings. The van der Waals surface area contributed by atoms with E-state index in [1.54, 1.807) is 0 Å². The zero-order valence-electron chi connectivity index (χ0n) is 11.6. The first-order valence-electron chi connectivity index (χ1n) is 5.67. The second kappa shape index (κ2) is 5.32.